The summed E-state index contributed by atoms with van der Waals surface area (Å²) in [5.74, 6) is 0.389. The molecule has 7 rings (SSSR count). The Labute approximate surface area is 294 Å². The van der Waals surface area contributed by atoms with Gasteiger partial charge < -0.3 is 0 Å². The van der Waals surface area contributed by atoms with Crippen LogP contribution in [0.15, 0.2) is 150 Å². The lowest BCUT2D eigenvalue weighted by Crippen LogP contribution is -2.41. The fourth-order valence-corrected chi connectivity index (χ4v) is 6.95. The van der Waals surface area contributed by atoms with Crippen LogP contribution in [-0.4, -0.2) is 38.3 Å². The van der Waals surface area contributed by atoms with Crippen molar-refractivity contribution < 1.29 is 9.59 Å². The molecule has 0 bridgehead atoms. The second-order valence-electron chi connectivity index (χ2n) is 13.5. The van der Waals surface area contributed by atoms with Crippen LogP contribution in [0.5, 0.6) is 0 Å². The summed E-state index contributed by atoms with van der Waals surface area (Å²) in [5.41, 5.74) is 5.12. The summed E-state index contributed by atoms with van der Waals surface area (Å²) in [5, 5.41) is 0. The molecule has 0 aliphatic carbocycles. The first-order valence-electron chi connectivity index (χ1n) is 17.3. The predicted molar refractivity (Wildman–Crippen MR) is 197 cm³/mol. The van der Waals surface area contributed by atoms with E-state index in [2.05, 4.69) is 48.5 Å². The van der Waals surface area contributed by atoms with Crippen LogP contribution in [0.4, 0.5) is 0 Å². The Morgan fingerprint density at radius 2 is 0.780 bits per heavy atom. The predicted octanol–water partition coefficient (Wildman–Crippen LogP) is 8.54. The van der Waals surface area contributed by atoms with Crippen molar-refractivity contribution in [1.82, 2.24) is 14.8 Å². The van der Waals surface area contributed by atoms with E-state index in [9.17, 15) is 9.59 Å². The lowest BCUT2D eigenvalue weighted by Gasteiger charge is -2.31. The number of benzene rings is 4. The average molecular weight is 660 g/mol. The molecule has 0 N–H and O–H groups in total. The van der Waals surface area contributed by atoms with Gasteiger partial charge >= 0.3 is 0 Å². The van der Waals surface area contributed by atoms with E-state index in [4.69, 9.17) is 15.0 Å². The third-order valence-electron chi connectivity index (χ3n) is 9.37. The minimum Gasteiger partial charge on any atom is -0.285 e. The molecule has 1 aromatic heterocycles. The lowest BCUT2D eigenvalue weighted by molar-refractivity contribution is -0.132. The molecule has 5 aromatic rings. The highest BCUT2D eigenvalue weighted by molar-refractivity contribution is 6.12. The summed E-state index contributed by atoms with van der Waals surface area (Å²) >= 11 is 0. The van der Waals surface area contributed by atoms with Gasteiger partial charge in [0.1, 0.15) is 23.5 Å². The van der Waals surface area contributed by atoms with Crippen molar-refractivity contribution in [3.8, 4) is 0 Å². The SMILES string of the molecule is CC(C)C(=O)N1C(c2cccc(C3=N[C@@H](c4ccccc4)[C@H](c4ccccc4)N3C(=O)C(C)C)n2)=N[C@@H](c2ccccc2)[C@@H]1c1ccccc1. The maximum Gasteiger partial charge on any atom is 0.231 e. The standard InChI is InChI=1S/C43H41N5O2/c1-28(2)42(49)47-38(32-22-13-7-14-23-32)36(30-18-9-5-10-19-30)45-40(47)34-26-17-27-35(44-34)41-46-37(31-20-11-6-12-21-31)39(33-24-15-8-16-25-33)48(41)43(50)29(3)4/h5-29,36-39H,1-4H3/t36-,37-,38-,39-/m0/s1. The lowest BCUT2D eigenvalue weighted by atomic mass is 9.93. The molecule has 2 amide bonds. The van der Waals surface area contributed by atoms with Gasteiger partial charge in [-0.25, -0.2) is 4.98 Å². The Morgan fingerprint density at radius 1 is 0.460 bits per heavy atom. The van der Waals surface area contributed by atoms with E-state index in [0.717, 1.165) is 22.3 Å². The zero-order valence-corrected chi connectivity index (χ0v) is 28.8. The van der Waals surface area contributed by atoms with Gasteiger partial charge in [0.15, 0.2) is 11.7 Å². The highest BCUT2D eigenvalue weighted by Gasteiger charge is 2.45. The molecule has 4 atom stereocenters. The van der Waals surface area contributed by atoms with Crippen molar-refractivity contribution in [3.05, 3.63) is 173 Å². The Morgan fingerprint density at radius 3 is 1.10 bits per heavy atom. The van der Waals surface area contributed by atoms with Gasteiger partial charge in [-0.1, -0.05) is 155 Å². The van der Waals surface area contributed by atoms with Crippen LogP contribution in [0.3, 0.4) is 0 Å². The van der Waals surface area contributed by atoms with Crippen molar-refractivity contribution in [3.63, 3.8) is 0 Å². The third kappa shape index (κ3) is 6.15. The van der Waals surface area contributed by atoms with Gasteiger partial charge in [-0.15, -0.1) is 0 Å². The summed E-state index contributed by atoms with van der Waals surface area (Å²) < 4.78 is 0. The highest BCUT2D eigenvalue weighted by Crippen LogP contribution is 2.45. The fraction of sp³-hybridized carbons (Fsp3) is 0.233. The highest BCUT2D eigenvalue weighted by atomic mass is 16.2. The van der Waals surface area contributed by atoms with Crippen LogP contribution >= 0.6 is 0 Å². The fourth-order valence-electron chi connectivity index (χ4n) is 6.95. The van der Waals surface area contributed by atoms with Crippen molar-refractivity contribution in [1.29, 1.82) is 0 Å². The average Bonchev–Trinajstić information content (AvgIpc) is 3.76. The molecule has 0 saturated carbocycles. The molecule has 250 valence electrons. The molecule has 0 radical (unpaired) electrons. The molecule has 0 saturated heterocycles. The van der Waals surface area contributed by atoms with E-state index in [1.807, 2.05) is 128 Å². The van der Waals surface area contributed by atoms with Crippen molar-refractivity contribution in [2.45, 2.75) is 51.9 Å². The molecule has 0 fully saturated rings. The quantitative estimate of drug-likeness (QED) is 0.168. The largest absolute Gasteiger partial charge is 0.285 e. The van der Waals surface area contributed by atoms with Crippen molar-refractivity contribution >= 4 is 23.5 Å². The summed E-state index contributed by atoms with van der Waals surface area (Å²) in [7, 11) is 0. The Kier molecular flexibility index (Phi) is 9.22. The number of amides is 2. The van der Waals surface area contributed by atoms with E-state index in [-0.39, 0.29) is 47.8 Å². The van der Waals surface area contributed by atoms with Crippen LogP contribution in [0.25, 0.3) is 0 Å². The summed E-state index contributed by atoms with van der Waals surface area (Å²) in [6.45, 7) is 7.66. The number of rotatable bonds is 8. The van der Waals surface area contributed by atoms with Gasteiger partial charge in [0, 0.05) is 11.8 Å². The third-order valence-corrected chi connectivity index (χ3v) is 9.37. The maximum atomic E-state index is 14.2. The normalized spacial score (nSPS) is 20.3. The molecular weight excluding hydrogens is 619 g/mol. The van der Waals surface area contributed by atoms with Crippen LogP contribution in [0.2, 0.25) is 0 Å². The van der Waals surface area contributed by atoms with Gasteiger partial charge in [0.2, 0.25) is 11.8 Å². The number of carbonyl (C=O) groups is 2. The molecule has 2 aliphatic heterocycles. The van der Waals surface area contributed by atoms with E-state index in [1.54, 1.807) is 0 Å². The molecule has 4 aromatic carbocycles. The van der Waals surface area contributed by atoms with Crippen molar-refractivity contribution in [2.75, 3.05) is 0 Å². The molecule has 0 spiro atoms. The van der Waals surface area contributed by atoms with Crippen LogP contribution in [-0.2, 0) is 9.59 Å². The number of hydrogen-bond acceptors (Lipinski definition) is 5. The number of pyridine rings is 1. The number of hydrogen-bond donors (Lipinski definition) is 0. The van der Waals surface area contributed by atoms with Gasteiger partial charge in [-0.05, 0) is 34.4 Å². The topological polar surface area (TPSA) is 78.2 Å². The van der Waals surface area contributed by atoms with E-state index >= 15 is 0 Å². The van der Waals surface area contributed by atoms with Gasteiger partial charge in [-0.2, -0.15) is 0 Å². The Hall–Kier alpha value is -5.69. The second kappa shape index (κ2) is 14.0. The second-order valence-corrected chi connectivity index (χ2v) is 13.5. The van der Waals surface area contributed by atoms with E-state index in [0.29, 0.717) is 23.1 Å². The van der Waals surface area contributed by atoms with Crippen LogP contribution in [0, 0.1) is 11.8 Å². The zero-order chi connectivity index (χ0) is 34.8. The maximum absolute atomic E-state index is 14.2. The molecule has 0 unspecified atom stereocenters. The number of aliphatic imine (C=N–C) groups is 2. The number of nitrogens with zero attached hydrogens (tertiary/aromatic N) is 5. The molecule has 7 heteroatoms. The van der Waals surface area contributed by atoms with Gasteiger partial charge in [-0.3, -0.25) is 29.4 Å². The zero-order valence-electron chi connectivity index (χ0n) is 28.8. The first-order valence-corrected chi connectivity index (χ1v) is 17.3. The smallest absolute Gasteiger partial charge is 0.231 e. The van der Waals surface area contributed by atoms with Crippen LogP contribution in [0.1, 0.15) is 85.5 Å². The number of carbonyl (C=O) groups excluding carboxylic acids is 2. The first kappa shape index (κ1) is 32.8. The monoisotopic (exact) mass is 659 g/mol. The molecule has 3 heterocycles. The van der Waals surface area contributed by atoms with Crippen molar-refractivity contribution in [2.24, 2.45) is 21.8 Å². The van der Waals surface area contributed by atoms with Gasteiger partial charge in [0.05, 0.1) is 12.1 Å². The van der Waals surface area contributed by atoms with E-state index < -0.39 is 0 Å². The van der Waals surface area contributed by atoms with E-state index in [1.165, 1.54) is 0 Å². The minimum atomic E-state index is -0.360. The van der Waals surface area contributed by atoms with Crippen LogP contribution < -0.4 is 0 Å². The van der Waals surface area contributed by atoms with Gasteiger partial charge in [0.25, 0.3) is 0 Å². The molecule has 50 heavy (non-hydrogen) atoms. The Bertz CT molecular complexity index is 1880. The number of amidine groups is 2. The number of aromatic nitrogens is 1. The summed E-state index contributed by atoms with van der Waals surface area (Å²) in [4.78, 5) is 47.8. The summed E-state index contributed by atoms with van der Waals surface area (Å²) in [6, 6.07) is 44.7. The molecule has 7 nitrogen and oxygen atoms in total. The molecule has 2 aliphatic rings. The summed E-state index contributed by atoms with van der Waals surface area (Å²) in [6.07, 6.45) is 0. The minimum absolute atomic E-state index is 0.0358. The Balaban J connectivity index is 1.39. The first-order chi connectivity index (χ1) is 24.3. The molecular formula is C43H41N5O2.